The highest BCUT2D eigenvalue weighted by atomic mass is 16.4. The zero-order chi connectivity index (χ0) is 20.2. The number of phenolic OH excluding ortho intramolecular Hbond substituents is 1. The largest absolute Gasteiger partial charge is 0.508 e. The van der Waals surface area contributed by atoms with E-state index >= 15 is 0 Å². The van der Waals surface area contributed by atoms with Gasteiger partial charge in [-0.25, -0.2) is 0 Å². The van der Waals surface area contributed by atoms with Crippen molar-refractivity contribution in [2.75, 3.05) is 0 Å². The van der Waals surface area contributed by atoms with E-state index in [1.54, 1.807) is 38.1 Å². The van der Waals surface area contributed by atoms with Crippen LogP contribution in [0.15, 0.2) is 52.9 Å². The number of carbonyl (C=O) groups is 2. The van der Waals surface area contributed by atoms with E-state index in [4.69, 9.17) is 4.42 Å². The minimum absolute atomic E-state index is 0.0702. The molecule has 2 N–H and O–H groups in total. The first-order valence-electron chi connectivity index (χ1n) is 8.87. The summed E-state index contributed by atoms with van der Waals surface area (Å²) < 4.78 is 5.82. The van der Waals surface area contributed by atoms with Crippen LogP contribution in [0.4, 0.5) is 0 Å². The minimum atomic E-state index is -1.07. The van der Waals surface area contributed by atoms with Crippen molar-refractivity contribution in [3.8, 4) is 5.75 Å². The number of carboxylic acid groups (broad SMARTS) is 1. The van der Waals surface area contributed by atoms with Gasteiger partial charge in [-0.2, -0.15) is 0 Å². The van der Waals surface area contributed by atoms with Crippen molar-refractivity contribution in [3.05, 3.63) is 65.4 Å². The number of para-hydroxylation sites is 1. The second kappa shape index (κ2) is 8.08. The molecule has 0 spiro atoms. The SMILES string of the molecule is CC.CC(C)(Cc1oc2ccccc2c1C(=O)c1ccc(O)cc1)C(=O)O. The van der Waals surface area contributed by atoms with Crippen LogP contribution in [0.1, 0.15) is 49.4 Å². The first-order valence-corrected chi connectivity index (χ1v) is 8.87. The summed E-state index contributed by atoms with van der Waals surface area (Å²) in [5, 5.41) is 19.5. The molecule has 142 valence electrons. The van der Waals surface area contributed by atoms with E-state index in [0.29, 0.717) is 27.9 Å². The van der Waals surface area contributed by atoms with E-state index in [1.807, 2.05) is 13.8 Å². The van der Waals surface area contributed by atoms with Crippen molar-refractivity contribution in [1.29, 1.82) is 0 Å². The van der Waals surface area contributed by atoms with Crippen LogP contribution in [-0.4, -0.2) is 22.0 Å². The van der Waals surface area contributed by atoms with Gasteiger partial charge in [-0.15, -0.1) is 0 Å². The molecule has 0 unspecified atom stereocenters. The number of ketones is 1. The van der Waals surface area contributed by atoms with Crippen LogP contribution in [0, 0.1) is 5.41 Å². The first kappa shape index (κ1) is 20.2. The Labute approximate surface area is 158 Å². The number of rotatable bonds is 5. The second-order valence-electron chi connectivity index (χ2n) is 6.64. The van der Waals surface area contributed by atoms with Crippen LogP contribution in [-0.2, 0) is 11.2 Å². The molecule has 5 nitrogen and oxygen atoms in total. The van der Waals surface area contributed by atoms with Crippen molar-refractivity contribution in [2.24, 2.45) is 5.41 Å². The Bertz CT molecular complexity index is 948. The molecule has 0 atom stereocenters. The van der Waals surface area contributed by atoms with Gasteiger partial charge in [-0.3, -0.25) is 9.59 Å². The molecule has 2 aromatic carbocycles. The van der Waals surface area contributed by atoms with Crippen LogP contribution in [0.5, 0.6) is 5.75 Å². The zero-order valence-corrected chi connectivity index (χ0v) is 15.9. The number of hydrogen-bond donors (Lipinski definition) is 2. The Morgan fingerprint density at radius 2 is 1.59 bits per heavy atom. The first-order chi connectivity index (χ1) is 12.8. The van der Waals surface area contributed by atoms with Crippen LogP contribution in [0.25, 0.3) is 11.0 Å². The predicted molar refractivity (Wildman–Crippen MR) is 104 cm³/mol. The molecule has 5 heteroatoms. The minimum Gasteiger partial charge on any atom is -0.508 e. The van der Waals surface area contributed by atoms with Crippen molar-refractivity contribution in [2.45, 2.75) is 34.1 Å². The highest BCUT2D eigenvalue weighted by Crippen LogP contribution is 2.33. The van der Waals surface area contributed by atoms with Gasteiger partial charge < -0.3 is 14.6 Å². The Hall–Kier alpha value is -3.08. The molecule has 3 aromatic rings. The molecule has 1 heterocycles. The molecular weight excluding hydrogens is 344 g/mol. The fourth-order valence-electron chi connectivity index (χ4n) is 2.70. The third-order valence-corrected chi connectivity index (χ3v) is 4.21. The molecule has 0 bridgehead atoms. The van der Waals surface area contributed by atoms with Crippen molar-refractivity contribution in [3.63, 3.8) is 0 Å². The summed E-state index contributed by atoms with van der Waals surface area (Å²) in [5.41, 5.74) is 0.243. The molecule has 0 aliphatic carbocycles. The third-order valence-electron chi connectivity index (χ3n) is 4.21. The number of furan rings is 1. The van der Waals surface area contributed by atoms with Crippen LogP contribution >= 0.6 is 0 Å². The maximum atomic E-state index is 13.0. The Balaban J connectivity index is 0.00000126. The van der Waals surface area contributed by atoms with Gasteiger partial charge in [0.1, 0.15) is 17.1 Å². The molecule has 0 saturated heterocycles. The topological polar surface area (TPSA) is 87.7 Å². The number of phenols is 1. The molecule has 0 radical (unpaired) electrons. The number of aromatic hydroxyl groups is 1. The number of carbonyl (C=O) groups excluding carboxylic acids is 1. The van der Waals surface area contributed by atoms with Crippen molar-refractivity contribution >= 4 is 22.7 Å². The smallest absolute Gasteiger partial charge is 0.309 e. The monoisotopic (exact) mass is 368 g/mol. The Kier molecular flexibility index (Phi) is 6.05. The maximum Gasteiger partial charge on any atom is 0.309 e. The molecule has 3 rings (SSSR count). The van der Waals surface area contributed by atoms with Gasteiger partial charge in [0.05, 0.1) is 11.0 Å². The Morgan fingerprint density at radius 1 is 1.00 bits per heavy atom. The van der Waals surface area contributed by atoms with Crippen molar-refractivity contribution in [1.82, 2.24) is 0 Å². The molecule has 0 saturated carbocycles. The van der Waals surface area contributed by atoms with Crippen LogP contribution < -0.4 is 0 Å². The summed E-state index contributed by atoms with van der Waals surface area (Å²) in [6.07, 6.45) is 0.0934. The number of hydrogen-bond acceptors (Lipinski definition) is 4. The Morgan fingerprint density at radius 3 is 2.19 bits per heavy atom. The summed E-state index contributed by atoms with van der Waals surface area (Å²) in [7, 11) is 0. The fraction of sp³-hybridized carbons (Fsp3) is 0.273. The lowest BCUT2D eigenvalue weighted by molar-refractivity contribution is -0.147. The summed E-state index contributed by atoms with van der Waals surface area (Å²) in [4.78, 5) is 24.5. The average molecular weight is 368 g/mol. The maximum absolute atomic E-state index is 13.0. The summed E-state index contributed by atoms with van der Waals surface area (Å²) >= 11 is 0. The molecule has 0 fully saturated rings. The van der Waals surface area contributed by atoms with E-state index in [9.17, 15) is 19.8 Å². The van der Waals surface area contributed by atoms with Gasteiger partial charge in [0, 0.05) is 17.4 Å². The summed E-state index contributed by atoms with van der Waals surface area (Å²) in [6.45, 7) is 7.19. The third kappa shape index (κ3) is 4.19. The van der Waals surface area contributed by atoms with E-state index in [0.717, 1.165) is 0 Å². The average Bonchev–Trinajstić information content (AvgIpc) is 3.00. The van der Waals surface area contributed by atoms with Gasteiger partial charge in [-0.1, -0.05) is 32.0 Å². The van der Waals surface area contributed by atoms with E-state index in [1.165, 1.54) is 24.3 Å². The van der Waals surface area contributed by atoms with Gasteiger partial charge in [0.25, 0.3) is 0 Å². The highest BCUT2D eigenvalue weighted by Gasteiger charge is 2.32. The van der Waals surface area contributed by atoms with E-state index in [-0.39, 0.29) is 18.0 Å². The highest BCUT2D eigenvalue weighted by molar-refractivity contribution is 6.17. The summed E-state index contributed by atoms with van der Waals surface area (Å²) in [6, 6.07) is 13.1. The lowest BCUT2D eigenvalue weighted by Crippen LogP contribution is -2.26. The molecule has 1 aromatic heterocycles. The number of benzene rings is 2. The molecular formula is C22H24O5. The van der Waals surface area contributed by atoms with Gasteiger partial charge >= 0.3 is 5.97 Å². The molecule has 0 aliphatic heterocycles. The number of aliphatic carboxylic acids is 1. The fourth-order valence-corrected chi connectivity index (χ4v) is 2.70. The molecule has 27 heavy (non-hydrogen) atoms. The van der Waals surface area contributed by atoms with Crippen LogP contribution in [0.2, 0.25) is 0 Å². The van der Waals surface area contributed by atoms with Gasteiger partial charge in [-0.05, 0) is 44.2 Å². The van der Waals surface area contributed by atoms with E-state index in [2.05, 4.69) is 0 Å². The lowest BCUT2D eigenvalue weighted by atomic mass is 9.86. The van der Waals surface area contributed by atoms with Crippen LogP contribution in [0.3, 0.4) is 0 Å². The molecule has 0 aliphatic rings. The standard InChI is InChI=1S/C20H18O5.C2H6/c1-20(2,19(23)24)11-16-17(14-5-3-4-6-15(14)25-16)18(22)12-7-9-13(21)10-8-12;1-2/h3-10,21H,11H2,1-2H3,(H,23,24);1-2H3. The quantitative estimate of drug-likeness (QED) is 0.615. The lowest BCUT2D eigenvalue weighted by Gasteiger charge is -2.18. The van der Waals surface area contributed by atoms with E-state index < -0.39 is 11.4 Å². The second-order valence-corrected chi connectivity index (χ2v) is 6.64. The predicted octanol–water partition coefficient (Wildman–Crippen LogP) is 5.05. The normalized spacial score (nSPS) is 11.0. The molecule has 0 amide bonds. The van der Waals surface area contributed by atoms with Crippen molar-refractivity contribution < 1.29 is 24.2 Å². The number of fused-ring (bicyclic) bond motifs is 1. The van der Waals surface area contributed by atoms with Gasteiger partial charge in [0.15, 0.2) is 5.78 Å². The zero-order valence-electron chi connectivity index (χ0n) is 15.9. The summed E-state index contributed by atoms with van der Waals surface area (Å²) in [5.74, 6) is -0.801. The van der Waals surface area contributed by atoms with Gasteiger partial charge in [0.2, 0.25) is 0 Å². The number of carboxylic acids is 1.